The van der Waals surface area contributed by atoms with Crippen LogP contribution in [-0.2, 0) is 6.42 Å². The molecule has 0 heterocycles. The molecule has 2 rings (SSSR count). The van der Waals surface area contributed by atoms with Crippen LogP contribution in [0.25, 0.3) is 0 Å². The SMILES string of the molecule is CNC(Cc1cccc(Cl)c1)c1cc(Cl)ccc1F. The van der Waals surface area contributed by atoms with Crippen molar-refractivity contribution in [2.75, 3.05) is 7.05 Å². The molecule has 0 saturated heterocycles. The quantitative estimate of drug-likeness (QED) is 0.867. The van der Waals surface area contributed by atoms with E-state index in [1.54, 1.807) is 19.2 Å². The highest BCUT2D eigenvalue weighted by molar-refractivity contribution is 6.30. The third-order valence-electron chi connectivity index (χ3n) is 3.01. The smallest absolute Gasteiger partial charge is 0.128 e. The van der Waals surface area contributed by atoms with Crippen LogP contribution < -0.4 is 5.32 Å². The van der Waals surface area contributed by atoms with Crippen LogP contribution in [0.15, 0.2) is 42.5 Å². The number of halogens is 3. The summed E-state index contributed by atoms with van der Waals surface area (Å²) in [5.41, 5.74) is 1.61. The van der Waals surface area contributed by atoms with Crippen LogP contribution in [0.2, 0.25) is 10.0 Å². The topological polar surface area (TPSA) is 12.0 Å². The summed E-state index contributed by atoms with van der Waals surface area (Å²) in [7, 11) is 1.80. The predicted molar refractivity (Wildman–Crippen MR) is 78.4 cm³/mol. The second-order valence-electron chi connectivity index (χ2n) is 4.34. The van der Waals surface area contributed by atoms with Gasteiger partial charge in [0, 0.05) is 21.7 Å². The van der Waals surface area contributed by atoms with Crippen LogP contribution in [0, 0.1) is 5.82 Å². The van der Waals surface area contributed by atoms with E-state index in [0.29, 0.717) is 22.0 Å². The van der Waals surface area contributed by atoms with Gasteiger partial charge in [0.05, 0.1) is 0 Å². The lowest BCUT2D eigenvalue weighted by atomic mass is 9.98. The number of likely N-dealkylation sites (N-methyl/N-ethyl adjacent to an activating group) is 1. The van der Waals surface area contributed by atoms with E-state index in [0.717, 1.165) is 5.56 Å². The largest absolute Gasteiger partial charge is 0.313 e. The molecule has 1 nitrogen and oxygen atoms in total. The monoisotopic (exact) mass is 297 g/mol. The van der Waals surface area contributed by atoms with Gasteiger partial charge >= 0.3 is 0 Å². The predicted octanol–water partition coefficient (Wildman–Crippen LogP) is 4.64. The maximum atomic E-state index is 13.9. The second-order valence-corrected chi connectivity index (χ2v) is 5.21. The van der Waals surface area contributed by atoms with E-state index in [1.165, 1.54) is 6.07 Å². The molecule has 2 aromatic carbocycles. The number of benzene rings is 2. The van der Waals surface area contributed by atoms with Crippen molar-refractivity contribution in [3.05, 3.63) is 69.5 Å². The van der Waals surface area contributed by atoms with Crippen LogP contribution in [0.3, 0.4) is 0 Å². The van der Waals surface area contributed by atoms with Gasteiger partial charge in [-0.3, -0.25) is 0 Å². The van der Waals surface area contributed by atoms with Crippen LogP contribution in [0.5, 0.6) is 0 Å². The summed E-state index contributed by atoms with van der Waals surface area (Å²) in [5, 5.41) is 4.32. The van der Waals surface area contributed by atoms with Crippen molar-refractivity contribution < 1.29 is 4.39 Å². The molecular weight excluding hydrogens is 284 g/mol. The van der Waals surface area contributed by atoms with Gasteiger partial charge in [-0.15, -0.1) is 0 Å². The molecule has 100 valence electrons. The fraction of sp³-hybridized carbons (Fsp3) is 0.200. The van der Waals surface area contributed by atoms with E-state index in [4.69, 9.17) is 23.2 Å². The zero-order valence-corrected chi connectivity index (χ0v) is 12.0. The van der Waals surface area contributed by atoms with Crippen LogP contribution in [0.1, 0.15) is 17.2 Å². The van der Waals surface area contributed by atoms with E-state index in [2.05, 4.69) is 5.32 Å². The van der Waals surface area contributed by atoms with E-state index in [-0.39, 0.29) is 11.9 Å². The molecule has 0 bridgehead atoms. The van der Waals surface area contributed by atoms with Crippen LogP contribution >= 0.6 is 23.2 Å². The van der Waals surface area contributed by atoms with Crippen molar-refractivity contribution in [1.82, 2.24) is 5.32 Å². The average molecular weight is 298 g/mol. The number of nitrogens with one attached hydrogen (secondary N) is 1. The van der Waals surface area contributed by atoms with Crippen molar-refractivity contribution in [2.45, 2.75) is 12.5 Å². The Kier molecular flexibility index (Phi) is 4.81. The third-order valence-corrected chi connectivity index (χ3v) is 3.48. The van der Waals surface area contributed by atoms with E-state index in [9.17, 15) is 4.39 Å². The van der Waals surface area contributed by atoms with Crippen molar-refractivity contribution in [2.24, 2.45) is 0 Å². The van der Waals surface area contributed by atoms with Crippen molar-refractivity contribution >= 4 is 23.2 Å². The second kappa shape index (κ2) is 6.38. The van der Waals surface area contributed by atoms with Gasteiger partial charge in [0.2, 0.25) is 0 Å². The molecule has 0 fully saturated rings. The molecule has 1 atom stereocenters. The van der Waals surface area contributed by atoms with Gasteiger partial charge < -0.3 is 5.32 Å². The first kappa shape index (κ1) is 14.3. The molecule has 1 unspecified atom stereocenters. The van der Waals surface area contributed by atoms with Gasteiger partial charge in [-0.05, 0) is 49.4 Å². The zero-order chi connectivity index (χ0) is 13.8. The molecule has 0 aliphatic heterocycles. The van der Waals surface area contributed by atoms with Crippen molar-refractivity contribution in [3.63, 3.8) is 0 Å². The first-order valence-electron chi connectivity index (χ1n) is 5.97. The minimum atomic E-state index is -0.259. The Morgan fingerprint density at radius 3 is 2.53 bits per heavy atom. The maximum Gasteiger partial charge on any atom is 0.128 e. The summed E-state index contributed by atoms with van der Waals surface area (Å²) in [6, 6.07) is 12.0. The Hall–Kier alpha value is -1.09. The lowest BCUT2D eigenvalue weighted by Crippen LogP contribution is -2.20. The highest BCUT2D eigenvalue weighted by Gasteiger charge is 2.15. The molecule has 0 aromatic heterocycles. The molecule has 0 saturated carbocycles. The molecule has 4 heteroatoms. The summed E-state index contributed by atoms with van der Waals surface area (Å²) >= 11 is 11.9. The van der Waals surface area contributed by atoms with Gasteiger partial charge in [0.25, 0.3) is 0 Å². The summed E-state index contributed by atoms with van der Waals surface area (Å²) in [4.78, 5) is 0. The van der Waals surface area contributed by atoms with E-state index >= 15 is 0 Å². The normalized spacial score (nSPS) is 12.4. The van der Waals surface area contributed by atoms with Crippen molar-refractivity contribution in [3.8, 4) is 0 Å². The molecular formula is C15H14Cl2FN. The lowest BCUT2D eigenvalue weighted by Gasteiger charge is -2.18. The standard InChI is InChI=1S/C15H14Cl2FN/c1-19-15(8-10-3-2-4-11(16)7-10)13-9-12(17)5-6-14(13)18/h2-7,9,15,19H,8H2,1H3. The molecule has 0 aliphatic carbocycles. The first-order chi connectivity index (χ1) is 9.10. The first-order valence-corrected chi connectivity index (χ1v) is 6.72. The summed E-state index contributed by atoms with van der Waals surface area (Å²) < 4.78 is 13.9. The Labute approximate surface area is 122 Å². The van der Waals surface area contributed by atoms with Gasteiger partial charge in [-0.1, -0.05) is 35.3 Å². The van der Waals surface area contributed by atoms with Crippen molar-refractivity contribution in [1.29, 1.82) is 0 Å². The Balaban J connectivity index is 2.27. The minimum absolute atomic E-state index is 0.142. The minimum Gasteiger partial charge on any atom is -0.313 e. The summed E-state index contributed by atoms with van der Waals surface area (Å²) in [6.07, 6.45) is 0.647. The van der Waals surface area contributed by atoms with E-state index in [1.807, 2.05) is 24.3 Å². The van der Waals surface area contributed by atoms with Gasteiger partial charge in [0.1, 0.15) is 5.82 Å². The van der Waals surface area contributed by atoms with Crippen LogP contribution in [-0.4, -0.2) is 7.05 Å². The van der Waals surface area contributed by atoms with Crippen LogP contribution in [0.4, 0.5) is 4.39 Å². The molecule has 0 aliphatic rings. The fourth-order valence-corrected chi connectivity index (χ4v) is 2.44. The summed E-state index contributed by atoms with van der Waals surface area (Å²) in [6.45, 7) is 0. The van der Waals surface area contributed by atoms with Gasteiger partial charge in [-0.2, -0.15) is 0 Å². The van der Waals surface area contributed by atoms with E-state index < -0.39 is 0 Å². The average Bonchev–Trinajstić information content (AvgIpc) is 2.39. The molecule has 0 amide bonds. The maximum absolute atomic E-state index is 13.9. The molecule has 0 radical (unpaired) electrons. The molecule has 0 spiro atoms. The Bertz CT molecular complexity index is 572. The molecule has 19 heavy (non-hydrogen) atoms. The van der Waals surface area contributed by atoms with Gasteiger partial charge in [-0.25, -0.2) is 4.39 Å². The Morgan fingerprint density at radius 2 is 1.84 bits per heavy atom. The van der Waals surface area contributed by atoms with Gasteiger partial charge in [0.15, 0.2) is 0 Å². The highest BCUT2D eigenvalue weighted by atomic mass is 35.5. The summed E-state index contributed by atoms with van der Waals surface area (Å²) in [5.74, 6) is -0.259. The molecule has 1 N–H and O–H groups in total. The lowest BCUT2D eigenvalue weighted by molar-refractivity contribution is 0.534. The number of hydrogen-bond acceptors (Lipinski definition) is 1. The number of hydrogen-bond donors (Lipinski definition) is 1. The highest BCUT2D eigenvalue weighted by Crippen LogP contribution is 2.25. The Morgan fingerprint density at radius 1 is 1.11 bits per heavy atom. The molecule has 2 aromatic rings. The third kappa shape index (κ3) is 3.69. The number of rotatable bonds is 4. The fourth-order valence-electron chi connectivity index (χ4n) is 2.05. The zero-order valence-electron chi connectivity index (χ0n) is 10.5.